The van der Waals surface area contributed by atoms with E-state index in [0.717, 1.165) is 16.3 Å². The Bertz CT molecular complexity index is 1550. The molecule has 4 rings (SSSR count). The molecule has 45 heavy (non-hydrogen) atoms. The average molecular weight is 713 g/mol. The Morgan fingerprint density at radius 2 is 2.02 bits per heavy atom. The number of carboxylic acids is 2. The quantitative estimate of drug-likeness (QED) is 0.109. The molecule has 3 heterocycles. The van der Waals surface area contributed by atoms with Crippen LogP contribution in [0.2, 0.25) is 10.0 Å². The molecule has 0 spiro atoms. The molecule has 1 aromatic carbocycles. The molecule has 0 saturated carbocycles. The standard InChI is InChI=1S/C30H31Cl2N3O7S3/c1-3-4-5-19-12-20(10-16(2)34(19)9-8-22(36)29(39)40)43-13-17-14-45-28-25(27(38)35(28)26(17)30(41)42)33-24(37)15-44-23-11-18(31)6-7-21(23)32/h3,6-7,10-12,22,25,28,36H,1,4-5,8-9,13-15H2,2H3,(H2-,33,37,39,40,41,42)/t22-,25-,28-/m1/s1. The van der Waals surface area contributed by atoms with Crippen molar-refractivity contribution < 1.29 is 39.1 Å². The van der Waals surface area contributed by atoms with Crippen molar-refractivity contribution in [1.82, 2.24) is 10.2 Å². The summed E-state index contributed by atoms with van der Waals surface area (Å²) in [6.07, 6.45) is 1.70. The molecule has 2 aliphatic rings. The predicted octanol–water partition coefficient (Wildman–Crippen LogP) is 2.83. The van der Waals surface area contributed by atoms with Gasteiger partial charge in [-0.25, -0.2) is 4.79 Å². The van der Waals surface area contributed by atoms with Gasteiger partial charge in [0, 0.05) is 58.2 Å². The highest BCUT2D eigenvalue weighted by molar-refractivity contribution is 8.01. The second kappa shape index (κ2) is 15.7. The van der Waals surface area contributed by atoms with Gasteiger partial charge in [-0.1, -0.05) is 29.3 Å². The monoisotopic (exact) mass is 711 g/mol. The summed E-state index contributed by atoms with van der Waals surface area (Å²) in [6, 6.07) is 7.94. The van der Waals surface area contributed by atoms with E-state index in [1.807, 2.05) is 23.6 Å². The van der Waals surface area contributed by atoms with Crippen molar-refractivity contribution in [3.8, 4) is 0 Å². The number of nitrogens with zero attached hydrogens (tertiary/aromatic N) is 2. The molecule has 15 heteroatoms. The number of benzene rings is 1. The topological polar surface area (TPSA) is 151 Å². The van der Waals surface area contributed by atoms with Crippen molar-refractivity contribution >= 4 is 82.2 Å². The van der Waals surface area contributed by atoms with Crippen LogP contribution in [0.5, 0.6) is 0 Å². The van der Waals surface area contributed by atoms with Crippen molar-refractivity contribution in [1.29, 1.82) is 0 Å². The van der Waals surface area contributed by atoms with E-state index < -0.39 is 41.3 Å². The number of thioether (sulfide) groups is 3. The maximum Gasteiger partial charge on any atom is 0.332 e. The molecule has 0 radical (unpaired) electrons. The molecule has 1 saturated heterocycles. The molecular formula is C30H31Cl2N3O7S3. The van der Waals surface area contributed by atoms with Gasteiger partial charge in [0.15, 0.2) is 24.0 Å². The molecule has 10 nitrogen and oxygen atoms in total. The largest absolute Gasteiger partial charge is 0.543 e. The van der Waals surface area contributed by atoms with Crippen LogP contribution in [-0.4, -0.2) is 73.6 Å². The SMILES string of the molecule is C=CCCc1cc(SCC2=C(C(=O)[O-])N3C(=O)[C@@H](NC(=O)CSc4cc(Cl)ccc4Cl)[C@H]3SC2)cc(C)[n+]1CC[C@@H](O)C(=O)O. The molecule has 2 amide bonds. The van der Waals surface area contributed by atoms with Gasteiger partial charge in [-0.2, -0.15) is 4.57 Å². The van der Waals surface area contributed by atoms with Gasteiger partial charge in [-0.3, -0.25) is 14.5 Å². The van der Waals surface area contributed by atoms with Gasteiger partial charge in [0.25, 0.3) is 5.91 Å². The summed E-state index contributed by atoms with van der Waals surface area (Å²) in [6.45, 7) is 5.98. The lowest BCUT2D eigenvalue weighted by molar-refractivity contribution is -0.711. The van der Waals surface area contributed by atoms with Crippen LogP contribution in [0.3, 0.4) is 0 Å². The number of aliphatic carboxylic acids is 2. The number of carbonyl (C=O) groups excluding carboxylic acids is 3. The summed E-state index contributed by atoms with van der Waals surface area (Å²) in [4.78, 5) is 51.7. The lowest BCUT2D eigenvalue weighted by atomic mass is 10.0. The highest BCUT2D eigenvalue weighted by atomic mass is 35.5. The molecule has 1 fully saturated rings. The van der Waals surface area contributed by atoms with Crippen LogP contribution in [0.1, 0.15) is 24.2 Å². The molecule has 1 aromatic heterocycles. The molecule has 240 valence electrons. The number of allylic oxidation sites excluding steroid dienone is 1. The van der Waals surface area contributed by atoms with E-state index in [9.17, 15) is 29.4 Å². The summed E-state index contributed by atoms with van der Waals surface area (Å²) < 4.78 is 1.96. The van der Waals surface area contributed by atoms with Gasteiger partial charge in [0.1, 0.15) is 11.4 Å². The van der Waals surface area contributed by atoms with E-state index >= 15 is 0 Å². The number of hydrogen-bond acceptors (Lipinski definition) is 9. The fourth-order valence-corrected chi connectivity index (χ4v) is 8.76. The van der Waals surface area contributed by atoms with Crippen molar-refractivity contribution in [2.75, 3.05) is 17.3 Å². The smallest absolute Gasteiger partial charge is 0.332 e. The van der Waals surface area contributed by atoms with Crippen molar-refractivity contribution in [2.45, 2.75) is 60.0 Å². The second-order valence-corrected chi connectivity index (χ2v) is 14.3. The fourth-order valence-electron chi connectivity index (χ4n) is 4.93. The normalized spacial score (nSPS) is 18.2. The first-order valence-electron chi connectivity index (χ1n) is 13.8. The Balaban J connectivity index is 1.43. The molecule has 2 aromatic rings. The van der Waals surface area contributed by atoms with Crippen LogP contribution in [0.4, 0.5) is 0 Å². The van der Waals surface area contributed by atoms with Gasteiger partial charge in [0.2, 0.25) is 5.91 Å². The van der Waals surface area contributed by atoms with E-state index in [-0.39, 0.29) is 17.9 Å². The summed E-state index contributed by atoms with van der Waals surface area (Å²) in [5.41, 5.74) is 2.15. The van der Waals surface area contributed by atoms with Crippen LogP contribution in [0, 0.1) is 6.92 Å². The van der Waals surface area contributed by atoms with Crippen LogP contribution in [0.25, 0.3) is 0 Å². The first-order valence-corrected chi connectivity index (χ1v) is 17.6. The van der Waals surface area contributed by atoms with Crippen molar-refractivity contribution in [3.63, 3.8) is 0 Å². The third-order valence-electron chi connectivity index (χ3n) is 7.17. The van der Waals surface area contributed by atoms with Gasteiger partial charge in [-0.05, 0) is 30.2 Å². The van der Waals surface area contributed by atoms with E-state index in [0.29, 0.717) is 51.4 Å². The predicted molar refractivity (Wildman–Crippen MR) is 173 cm³/mol. The average Bonchev–Trinajstić information content (AvgIpc) is 3.00. The van der Waals surface area contributed by atoms with Crippen LogP contribution < -0.4 is 15.0 Å². The van der Waals surface area contributed by atoms with Gasteiger partial charge in [-0.15, -0.1) is 41.9 Å². The van der Waals surface area contributed by atoms with Gasteiger partial charge >= 0.3 is 5.97 Å². The number of pyridine rings is 1. The summed E-state index contributed by atoms with van der Waals surface area (Å²) >= 11 is 16.1. The van der Waals surface area contributed by atoms with Crippen LogP contribution in [-0.2, 0) is 32.1 Å². The number of aliphatic hydroxyl groups is 1. The van der Waals surface area contributed by atoms with Crippen molar-refractivity contribution in [2.24, 2.45) is 0 Å². The van der Waals surface area contributed by atoms with Gasteiger partial charge < -0.3 is 25.4 Å². The Kier molecular flexibility index (Phi) is 12.3. The number of halogens is 2. The summed E-state index contributed by atoms with van der Waals surface area (Å²) in [7, 11) is 0. The lowest BCUT2D eigenvalue weighted by Crippen LogP contribution is -2.71. The van der Waals surface area contributed by atoms with E-state index in [1.165, 1.54) is 40.2 Å². The number of hydrogen-bond donors (Lipinski definition) is 3. The van der Waals surface area contributed by atoms with E-state index in [4.69, 9.17) is 28.3 Å². The number of aromatic nitrogens is 1. The second-order valence-electron chi connectivity index (χ2n) is 10.3. The number of aryl methyl sites for hydroxylation is 2. The molecule has 0 unspecified atom stereocenters. The Labute approximate surface area is 283 Å². The zero-order valence-electron chi connectivity index (χ0n) is 24.2. The van der Waals surface area contributed by atoms with E-state index in [2.05, 4.69) is 11.9 Å². The fraction of sp³-hybridized carbons (Fsp3) is 0.367. The van der Waals surface area contributed by atoms with E-state index in [1.54, 1.807) is 24.3 Å². The highest BCUT2D eigenvalue weighted by Crippen LogP contribution is 2.41. The van der Waals surface area contributed by atoms with Gasteiger partial charge in [0.05, 0.1) is 22.4 Å². The minimum atomic E-state index is -1.47. The number of carbonyl (C=O) groups is 4. The Hall–Kier alpha value is -2.68. The third kappa shape index (κ3) is 8.57. The number of fused-ring (bicyclic) bond motifs is 1. The number of β-lactam (4-membered cyclic amide) rings is 1. The first-order chi connectivity index (χ1) is 21.4. The molecule has 0 bridgehead atoms. The number of amides is 2. The molecule has 3 N–H and O–H groups in total. The number of nitrogens with one attached hydrogen (secondary N) is 1. The maximum absolute atomic E-state index is 13.1. The Morgan fingerprint density at radius 1 is 1.27 bits per heavy atom. The first kappa shape index (κ1) is 35.2. The molecule has 3 atom stereocenters. The molecule has 2 aliphatic heterocycles. The molecule has 0 aliphatic carbocycles. The number of rotatable bonds is 15. The minimum Gasteiger partial charge on any atom is -0.543 e. The number of carboxylic acid groups (broad SMARTS) is 2. The Morgan fingerprint density at radius 3 is 2.71 bits per heavy atom. The third-order valence-corrected chi connectivity index (χ3v) is 11.3. The highest BCUT2D eigenvalue weighted by Gasteiger charge is 2.52. The molecular weight excluding hydrogens is 681 g/mol. The minimum absolute atomic E-state index is 0.00226. The zero-order valence-corrected chi connectivity index (χ0v) is 28.1. The zero-order chi connectivity index (χ0) is 32.8. The maximum atomic E-state index is 13.1. The number of aliphatic hydroxyl groups excluding tert-OH is 1. The van der Waals surface area contributed by atoms with Crippen LogP contribution in [0.15, 0.2) is 64.0 Å². The van der Waals surface area contributed by atoms with Crippen molar-refractivity contribution in [3.05, 3.63) is 75.7 Å². The summed E-state index contributed by atoms with van der Waals surface area (Å²) in [5, 5.41) is 34.1. The lowest BCUT2D eigenvalue weighted by Gasteiger charge is -2.50. The summed E-state index contributed by atoms with van der Waals surface area (Å²) in [5.74, 6) is -3.00. The van der Waals surface area contributed by atoms with Crippen LogP contribution >= 0.6 is 58.5 Å².